The van der Waals surface area contributed by atoms with E-state index in [4.69, 9.17) is 5.11 Å². The summed E-state index contributed by atoms with van der Waals surface area (Å²) in [6.45, 7) is 1.44. The molecule has 1 aromatic heterocycles. The fourth-order valence-electron chi connectivity index (χ4n) is 1.59. The van der Waals surface area contributed by atoms with Crippen LogP contribution in [-0.4, -0.2) is 18.5 Å². The van der Waals surface area contributed by atoms with Crippen molar-refractivity contribution in [2.24, 2.45) is 0 Å². The number of aromatic nitrogens is 1. The van der Waals surface area contributed by atoms with Crippen LogP contribution >= 0.6 is 0 Å². The molecule has 0 aliphatic carbocycles. The molecule has 0 saturated heterocycles. The lowest BCUT2D eigenvalue weighted by Crippen LogP contribution is -2.13. The lowest BCUT2D eigenvalue weighted by atomic mass is 10.2. The van der Waals surface area contributed by atoms with Crippen LogP contribution in [0.5, 0.6) is 0 Å². The van der Waals surface area contributed by atoms with Crippen LogP contribution in [0.2, 0.25) is 0 Å². The van der Waals surface area contributed by atoms with Gasteiger partial charge in [-0.1, -0.05) is 6.07 Å². The summed E-state index contributed by atoms with van der Waals surface area (Å²) in [5.74, 6) is -0.646. The van der Waals surface area contributed by atoms with Crippen molar-refractivity contribution in [2.45, 2.75) is 18.4 Å². The average Bonchev–Trinajstić information content (AvgIpc) is 2.83. The molecule has 0 bridgehead atoms. The van der Waals surface area contributed by atoms with Crippen LogP contribution in [0.3, 0.4) is 0 Å². The number of nitrogens with one attached hydrogen (secondary N) is 2. The first-order valence-corrected chi connectivity index (χ1v) is 6.98. The van der Waals surface area contributed by atoms with Crippen LogP contribution in [0.25, 0.3) is 0 Å². The molecule has 19 heavy (non-hydrogen) atoms. The topological polar surface area (TPSA) is 82.2 Å². The van der Waals surface area contributed by atoms with Crippen LogP contribution in [-0.2, 0) is 16.6 Å². The maximum atomic E-state index is 13.5. The van der Waals surface area contributed by atoms with E-state index >= 15 is 0 Å². The highest BCUT2D eigenvalue weighted by molar-refractivity contribution is 7.92. The summed E-state index contributed by atoms with van der Waals surface area (Å²) >= 11 is 0. The Morgan fingerprint density at radius 2 is 2.11 bits per heavy atom. The fraction of sp³-hybridized carbons (Fsp3) is 0.167. The highest BCUT2D eigenvalue weighted by Crippen LogP contribution is 2.20. The summed E-state index contributed by atoms with van der Waals surface area (Å²) in [7, 11) is -3.87. The molecule has 2 rings (SSSR count). The lowest BCUT2D eigenvalue weighted by Gasteiger charge is -2.08. The van der Waals surface area contributed by atoms with Crippen LogP contribution in [0, 0.1) is 12.7 Å². The molecular formula is C12H13FN2O3S. The molecule has 0 aliphatic rings. The van der Waals surface area contributed by atoms with Gasteiger partial charge in [-0.3, -0.25) is 4.72 Å². The molecule has 0 spiro atoms. The van der Waals surface area contributed by atoms with Gasteiger partial charge < -0.3 is 10.1 Å². The third-order valence-corrected chi connectivity index (χ3v) is 3.91. The molecular weight excluding hydrogens is 271 g/mol. The number of aryl methyl sites for hydroxylation is 1. The lowest BCUT2D eigenvalue weighted by molar-refractivity contribution is 0.277. The second kappa shape index (κ2) is 5.02. The van der Waals surface area contributed by atoms with Gasteiger partial charge in [-0.15, -0.1) is 0 Å². The monoisotopic (exact) mass is 284 g/mol. The van der Waals surface area contributed by atoms with E-state index in [1.165, 1.54) is 24.4 Å². The Kier molecular flexibility index (Phi) is 3.59. The van der Waals surface area contributed by atoms with E-state index in [9.17, 15) is 12.8 Å². The average molecular weight is 284 g/mol. The number of sulfonamides is 1. The van der Waals surface area contributed by atoms with Crippen molar-refractivity contribution in [3.8, 4) is 0 Å². The first-order valence-electron chi connectivity index (χ1n) is 5.49. The Morgan fingerprint density at radius 1 is 1.37 bits per heavy atom. The number of aliphatic hydroxyl groups is 1. The molecule has 7 heteroatoms. The van der Waals surface area contributed by atoms with E-state index in [1.807, 2.05) is 0 Å². The van der Waals surface area contributed by atoms with Gasteiger partial charge >= 0.3 is 0 Å². The zero-order valence-corrected chi connectivity index (χ0v) is 11.0. The minimum Gasteiger partial charge on any atom is -0.390 e. The molecule has 3 N–H and O–H groups in total. The molecule has 0 radical (unpaired) electrons. The Balaban J connectivity index is 2.33. The summed E-state index contributed by atoms with van der Waals surface area (Å²) in [6.07, 6.45) is 1.24. The summed E-state index contributed by atoms with van der Waals surface area (Å²) in [4.78, 5) is 2.55. The highest BCUT2D eigenvalue weighted by Gasteiger charge is 2.17. The van der Waals surface area contributed by atoms with Crippen molar-refractivity contribution in [3.05, 3.63) is 47.5 Å². The third-order valence-electron chi connectivity index (χ3n) is 2.56. The van der Waals surface area contributed by atoms with Gasteiger partial charge in [0.2, 0.25) is 0 Å². The zero-order valence-electron chi connectivity index (χ0n) is 10.1. The largest absolute Gasteiger partial charge is 0.390 e. The van der Waals surface area contributed by atoms with Gasteiger partial charge in [-0.25, -0.2) is 12.8 Å². The molecule has 2 aromatic rings. The predicted octanol–water partition coefficient (Wildman–Crippen LogP) is 1.76. The van der Waals surface area contributed by atoms with E-state index in [2.05, 4.69) is 9.71 Å². The quantitative estimate of drug-likeness (QED) is 0.800. The van der Waals surface area contributed by atoms with Crippen molar-refractivity contribution < 1.29 is 17.9 Å². The van der Waals surface area contributed by atoms with Crippen LogP contribution < -0.4 is 4.72 Å². The molecule has 0 atom stereocenters. The SMILES string of the molecule is Cc1ccc(F)c(NS(=O)(=O)c2c[nH]c(CO)c2)c1. The minimum atomic E-state index is -3.87. The smallest absolute Gasteiger partial charge is 0.263 e. The predicted molar refractivity (Wildman–Crippen MR) is 68.7 cm³/mol. The Labute approximate surface area is 110 Å². The molecule has 1 aromatic carbocycles. The second-order valence-corrected chi connectivity index (χ2v) is 5.79. The maximum Gasteiger partial charge on any atom is 0.263 e. The van der Waals surface area contributed by atoms with E-state index in [-0.39, 0.29) is 17.2 Å². The zero-order chi connectivity index (χ0) is 14.0. The van der Waals surface area contributed by atoms with Crippen molar-refractivity contribution in [3.63, 3.8) is 0 Å². The molecule has 0 unspecified atom stereocenters. The number of rotatable bonds is 4. The Hall–Kier alpha value is -1.86. The van der Waals surface area contributed by atoms with Crippen molar-refractivity contribution >= 4 is 15.7 Å². The summed E-state index contributed by atoms with van der Waals surface area (Å²) in [5.41, 5.74) is 1.00. The van der Waals surface area contributed by atoms with E-state index < -0.39 is 15.8 Å². The molecule has 0 fully saturated rings. The standard InChI is InChI=1S/C12H13FN2O3S/c1-8-2-3-11(13)12(4-8)15-19(17,18)10-5-9(7-16)14-6-10/h2-6,14-16H,7H2,1H3. The van der Waals surface area contributed by atoms with Crippen LogP contribution in [0.4, 0.5) is 10.1 Å². The van der Waals surface area contributed by atoms with Gasteiger partial charge in [-0.05, 0) is 30.7 Å². The minimum absolute atomic E-state index is 0.0579. The normalized spacial score (nSPS) is 11.5. The number of hydrogen-bond acceptors (Lipinski definition) is 3. The first kappa shape index (κ1) is 13.6. The Morgan fingerprint density at radius 3 is 2.74 bits per heavy atom. The molecule has 1 heterocycles. The summed E-state index contributed by atoms with van der Waals surface area (Å²) in [5, 5.41) is 8.88. The van der Waals surface area contributed by atoms with E-state index in [1.54, 1.807) is 13.0 Å². The number of halogens is 1. The number of hydrogen-bond donors (Lipinski definition) is 3. The number of aromatic amines is 1. The first-order chi connectivity index (χ1) is 8.92. The number of benzene rings is 1. The summed E-state index contributed by atoms with van der Waals surface area (Å²) < 4.78 is 39.7. The molecule has 0 amide bonds. The van der Waals surface area contributed by atoms with Gasteiger partial charge in [-0.2, -0.15) is 0 Å². The van der Waals surface area contributed by atoms with Crippen molar-refractivity contribution in [1.29, 1.82) is 0 Å². The van der Waals surface area contributed by atoms with Gasteiger partial charge in [0.05, 0.1) is 12.3 Å². The van der Waals surface area contributed by atoms with Gasteiger partial charge in [0, 0.05) is 11.9 Å². The van der Waals surface area contributed by atoms with E-state index in [0.717, 1.165) is 5.56 Å². The summed E-state index contributed by atoms with van der Waals surface area (Å²) in [6, 6.07) is 5.44. The van der Waals surface area contributed by atoms with Gasteiger partial charge in [0.1, 0.15) is 10.7 Å². The second-order valence-electron chi connectivity index (χ2n) is 4.11. The van der Waals surface area contributed by atoms with E-state index in [0.29, 0.717) is 5.69 Å². The number of aliphatic hydroxyl groups excluding tert-OH is 1. The fourth-order valence-corrected chi connectivity index (χ4v) is 2.66. The molecule has 102 valence electrons. The number of anilines is 1. The third kappa shape index (κ3) is 2.94. The molecule has 0 saturated carbocycles. The van der Waals surface area contributed by atoms with Crippen molar-refractivity contribution in [1.82, 2.24) is 4.98 Å². The number of H-pyrrole nitrogens is 1. The highest BCUT2D eigenvalue weighted by atomic mass is 32.2. The molecule has 0 aliphatic heterocycles. The van der Waals surface area contributed by atoms with Gasteiger partial charge in [0.25, 0.3) is 10.0 Å². The van der Waals surface area contributed by atoms with Crippen LogP contribution in [0.1, 0.15) is 11.3 Å². The maximum absolute atomic E-state index is 13.5. The van der Waals surface area contributed by atoms with Gasteiger partial charge in [0.15, 0.2) is 0 Å². The molecule has 5 nitrogen and oxygen atoms in total. The van der Waals surface area contributed by atoms with Crippen LogP contribution in [0.15, 0.2) is 35.4 Å². The van der Waals surface area contributed by atoms with Crippen molar-refractivity contribution in [2.75, 3.05) is 4.72 Å². The Bertz CT molecular complexity index is 695.